The van der Waals surface area contributed by atoms with E-state index >= 15 is 0 Å². The molecule has 1 amide bonds. The van der Waals surface area contributed by atoms with Crippen LogP contribution >= 0.6 is 23.1 Å². The fraction of sp³-hybridized carbons (Fsp3) is 0.250. The van der Waals surface area contributed by atoms with Gasteiger partial charge in [-0.15, -0.1) is 10.2 Å². The third-order valence-electron chi connectivity index (χ3n) is 4.05. The molecular weight excluding hydrogens is 395 g/mol. The molecule has 2 aromatic carbocycles. The lowest BCUT2D eigenvalue weighted by Gasteiger charge is -2.10. The van der Waals surface area contributed by atoms with E-state index in [9.17, 15) is 9.18 Å². The highest BCUT2D eigenvalue weighted by atomic mass is 32.2. The Labute approximate surface area is 171 Å². The van der Waals surface area contributed by atoms with E-state index < -0.39 is 0 Å². The van der Waals surface area contributed by atoms with E-state index in [4.69, 9.17) is 0 Å². The number of benzene rings is 2. The Morgan fingerprint density at radius 3 is 2.46 bits per heavy atom. The third kappa shape index (κ3) is 5.77. The molecule has 0 aliphatic rings. The largest absolute Gasteiger partial charge is 0.351 e. The molecule has 146 valence electrons. The van der Waals surface area contributed by atoms with Crippen molar-refractivity contribution in [3.63, 3.8) is 0 Å². The lowest BCUT2D eigenvalue weighted by Crippen LogP contribution is -2.30. The summed E-state index contributed by atoms with van der Waals surface area (Å²) in [5, 5.41) is 14.7. The number of thioether (sulfide) groups is 1. The van der Waals surface area contributed by atoms with Crippen LogP contribution in [0, 0.1) is 5.82 Å². The van der Waals surface area contributed by atoms with E-state index in [1.807, 2.05) is 19.1 Å². The second kappa shape index (κ2) is 9.66. The lowest BCUT2D eigenvalue weighted by atomic mass is 10.1. The molecular formula is C20H21FN4OS2. The maximum Gasteiger partial charge on any atom is 0.233 e. The summed E-state index contributed by atoms with van der Waals surface area (Å²) in [4.78, 5) is 12.3. The minimum atomic E-state index is -0.315. The van der Waals surface area contributed by atoms with Crippen LogP contribution in [0.15, 0.2) is 52.9 Å². The van der Waals surface area contributed by atoms with Gasteiger partial charge in [0.05, 0.1) is 5.25 Å². The highest BCUT2D eigenvalue weighted by molar-refractivity contribution is 8.02. The zero-order valence-corrected chi connectivity index (χ0v) is 17.2. The number of carbonyl (C=O) groups is 1. The quantitative estimate of drug-likeness (QED) is 0.517. The maximum atomic E-state index is 12.9. The molecule has 0 bridgehead atoms. The van der Waals surface area contributed by atoms with Gasteiger partial charge in [-0.25, -0.2) is 4.39 Å². The number of anilines is 2. The first-order chi connectivity index (χ1) is 13.5. The van der Waals surface area contributed by atoms with Crippen LogP contribution in [-0.2, 0) is 17.8 Å². The number of nitrogens with zero attached hydrogens (tertiary/aromatic N) is 2. The molecule has 0 spiro atoms. The zero-order valence-electron chi connectivity index (χ0n) is 15.6. The van der Waals surface area contributed by atoms with Crippen LogP contribution in [0.5, 0.6) is 0 Å². The molecule has 1 heterocycles. The molecule has 0 saturated heterocycles. The molecule has 0 unspecified atom stereocenters. The molecule has 1 atom stereocenters. The predicted octanol–water partition coefficient (Wildman–Crippen LogP) is 4.78. The third-order valence-corrected chi connectivity index (χ3v) is 6.07. The van der Waals surface area contributed by atoms with Gasteiger partial charge < -0.3 is 10.6 Å². The van der Waals surface area contributed by atoms with Crippen molar-refractivity contribution < 1.29 is 9.18 Å². The second-order valence-electron chi connectivity index (χ2n) is 6.15. The number of rotatable bonds is 8. The van der Waals surface area contributed by atoms with E-state index in [2.05, 4.69) is 39.9 Å². The second-order valence-corrected chi connectivity index (χ2v) is 8.72. The number of hydrogen-bond donors (Lipinski definition) is 2. The van der Waals surface area contributed by atoms with E-state index in [0.717, 1.165) is 22.0 Å². The zero-order chi connectivity index (χ0) is 19.9. The van der Waals surface area contributed by atoms with Gasteiger partial charge in [0.15, 0.2) is 4.34 Å². The van der Waals surface area contributed by atoms with Gasteiger partial charge >= 0.3 is 0 Å². The minimum absolute atomic E-state index is 0.103. The Morgan fingerprint density at radius 1 is 1.11 bits per heavy atom. The fourth-order valence-electron chi connectivity index (χ4n) is 2.40. The summed E-state index contributed by atoms with van der Waals surface area (Å²) in [5.74, 6) is -0.393. The summed E-state index contributed by atoms with van der Waals surface area (Å²) in [6.07, 6.45) is 1.00. The normalized spacial score (nSPS) is 11.8. The molecule has 0 radical (unpaired) electrons. The Kier molecular flexibility index (Phi) is 7.00. The van der Waals surface area contributed by atoms with Gasteiger partial charge in [0.1, 0.15) is 5.82 Å². The van der Waals surface area contributed by atoms with Crippen molar-refractivity contribution in [1.29, 1.82) is 0 Å². The molecule has 3 rings (SSSR count). The molecule has 0 fully saturated rings. The molecule has 1 aromatic heterocycles. The van der Waals surface area contributed by atoms with E-state index in [0.29, 0.717) is 11.7 Å². The van der Waals surface area contributed by atoms with Crippen molar-refractivity contribution in [2.75, 3.05) is 5.32 Å². The maximum absolute atomic E-state index is 12.9. The summed E-state index contributed by atoms with van der Waals surface area (Å²) in [6.45, 7) is 4.30. The first-order valence-electron chi connectivity index (χ1n) is 8.91. The van der Waals surface area contributed by atoms with Gasteiger partial charge in [0.25, 0.3) is 0 Å². The van der Waals surface area contributed by atoms with Crippen molar-refractivity contribution in [2.45, 2.75) is 36.4 Å². The van der Waals surface area contributed by atoms with Gasteiger partial charge in [-0.2, -0.15) is 0 Å². The standard InChI is InChI=1S/C20H21FN4OS2/c1-3-14-6-10-17(11-7-14)23-19-24-25-20(28-19)27-13(2)18(26)22-12-15-4-8-16(21)9-5-15/h4-11,13H,3,12H2,1-2H3,(H,22,26)(H,23,24)/t13-/m0/s1. The summed E-state index contributed by atoms with van der Waals surface area (Å²) in [7, 11) is 0. The SMILES string of the molecule is CCc1ccc(Nc2nnc(S[C@@H](C)C(=O)NCc3ccc(F)cc3)s2)cc1. The van der Waals surface area contributed by atoms with Gasteiger partial charge in [-0.05, 0) is 48.7 Å². The summed E-state index contributed by atoms with van der Waals surface area (Å²) >= 11 is 2.77. The van der Waals surface area contributed by atoms with E-state index in [1.165, 1.54) is 40.8 Å². The Balaban J connectivity index is 1.50. The molecule has 5 nitrogen and oxygen atoms in total. The van der Waals surface area contributed by atoms with Crippen molar-refractivity contribution in [3.05, 3.63) is 65.5 Å². The Bertz CT molecular complexity index is 913. The van der Waals surface area contributed by atoms with Crippen LogP contribution in [0.1, 0.15) is 25.0 Å². The van der Waals surface area contributed by atoms with Crippen LogP contribution in [0.2, 0.25) is 0 Å². The van der Waals surface area contributed by atoms with Crippen LogP contribution in [0.4, 0.5) is 15.2 Å². The number of halogens is 1. The summed E-state index contributed by atoms with van der Waals surface area (Å²) in [5.41, 5.74) is 3.08. The average Bonchev–Trinajstić information content (AvgIpc) is 3.14. The average molecular weight is 417 g/mol. The number of amides is 1. The van der Waals surface area contributed by atoms with Gasteiger partial charge in [0, 0.05) is 12.2 Å². The molecule has 8 heteroatoms. The topological polar surface area (TPSA) is 66.9 Å². The lowest BCUT2D eigenvalue weighted by molar-refractivity contribution is -0.120. The highest BCUT2D eigenvalue weighted by Crippen LogP contribution is 2.30. The molecule has 0 aliphatic carbocycles. The number of aromatic nitrogens is 2. The van der Waals surface area contributed by atoms with Gasteiger partial charge in [-0.1, -0.05) is 54.3 Å². The fourth-order valence-corrected chi connectivity index (χ4v) is 4.34. The Morgan fingerprint density at radius 2 is 1.79 bits per heavy atom. The van der Waals surface area contributed by atoms with Crippen LogP contribution < -0.4 is 10.6 Å². The molecule has 28 heavy (non-hydrogen) atoms. The van der Waals surface area contributed by atoms with E-state index in [-0.39, 0.29) is 17.0 Å². The molecule has 3 aromatic rings. The van der Waals surface area contributed by atoms with Crippen LogP contribution in [-0.4, -0.2) is 21.4 Å². The van der Waals surface area contributed by atoms with Crippen LogP contribution in [0.3, 0.4) is 0 Å². The first-order valence-corrected chi connectivity index (χ1v) is 10.6. The number of carbonyl (C=O) groups excluding carboxylic acids is 1. The summed E-state index contributed by atoms with van der Waals surface area (Å²) < 4.78 is 13.6. The molecule has 2 N–H and O–H groups in total. The van der Waals surface area contributed by atoms with E-state index in [1.54, 1.807) is 12.1 Å². The first kappa shape index (κ1) is 20.3. The van der Waals surface area contributed by atoms with Crippen molar-refractivity contribution in [2.24, 2.45) is 0 Å². The highest BCUT2D eigenvalue weighted by Gasteiger charge is 2.17. The minimum Gasteiger partial charge on any atom is -0.351 e. The number of hydrogen-bond acceptors (Lipinski definition) is 6. The molecule has 0 saturated carbocycles. The van der Waals surface area contributed by atoms with Gasteiger partial charge in [-0.3, -0.25) is 4.79 Å². The van der Waals surface area contributed by atoms with Gasteiger partial charge in [0.2, 0.25) is 11.0 Å². The number of nitrogens with one attached hydrogen (secondary N) is 2. The monoisotopic (exact) mass is 416 g/mol. The Hall–Kier alpha value is -2.45. The van der Waals surface area contributed by atoms with Crippen molar-refractivity contribution in [1.82, 2.24) is 15.5 Å². The van der Waals surface area contributed by atoms with Crippen molar-refractivity contribution >= 4 is 39.8 Å². The predicted molar refractivity (Wildman–Crippen MR) is 113 cm³/mol. The number of aryl methyl sites for hydroxylation is 1. The van der Waals surface area contributed by atoms with Crippen LogP contribution in [0.25, 0.3) is 0 Å². The summed E-state index contributed by atoms with van der Waals surface area (Å²) in [6, 6.07) is 14.2. The van der Waals surface area contributed by atoms with Crippen molar-refractivity contribution in [3.8, 4) is 0 Å². The molecule has 0 aliphatic heterocycles. The smallest absolute Gasteiger partial charge is 0.233 e.